The Morgan fingerprint density at radius 1 is 1.07 bits per heavy atom. The molecule has 0 aromatic carbocycles. The second-order valence-electron chi connectivity index (χ2n) is 7.10. The number of esters is 1. The summed E-state index contributed by atoms with van der Waals surface area (Å²) in [6.45, 7) is 7.14. The third-order valence-electron chi connectivity index (χ3n) is 3.84. The van der Waals surface area contributed by atoms with Crippen molar-refractivity contribution in [3.05, 3.63) is 45.9 Å². The van der Waals surface area contributed by atoms with Crippen molar-refractivity contribution in [1.29, 1.82) is 0 Å². The monoisotopic (exact) mass is 379 g/mol. The maximum atomic E-state index is 11.6. The van der Waals surface area contributed by atoms with Gasteiger partial charge in [0.05, 0.1) is 17.7 Å². The Kier molecular flexibility index (Phi) is 6.99. The van der Waals surface area contributed by atoms with Gasteiger partial charge in [-0.3, -0.25) is 4.79 Å². The van der Waals surface area contributed by atoms with Gasteiger partial charge < -0.3 is 25.8 Å². The molecule has 27 heavy (non-hydrogen) atoms. The second kappa shape index (κ2) is 8.57. The Hall–Kier alpha value is -3.03. The van der Waals surface area contributed by atoms with Gasteiger partial charge in [0.1, 0.15) is 11.4 Å². The van der Waals surface area contributed by atoms with Crippen LogP contribution in [0.2, 0.25) is 0 Å². The van der Waals surface area contributed by atoms with Crippen molar-refractivity contribution < 1.29 is 34.4 Å². The molecular weight excluding hydrogens is 354 g/mol. The van der Waals surface area contributed by atoms with Crippen LogP contribution in [0.5, 0.6) is 0 Å². The lowest BCUT2D eigenvalue weighted by Gasteiger charge is -2.19. The number of rotatable bonds is 4. The van der Waals surface area contributed by atoms with E-state index in [0.29, 0.717) is 17.6 Å². The van der Waals surface area contributed by atoms with Gasteiger partial charge in [0.2, 0.25) is 0 Å². The van der Waals surface area contributed by atoms with Crippen LogP contribution in [-0.4, -0.2) is 38.8 Å². The summed E-state index contributed by atoms with van der Waals surface area (Å²) in [7, 11) is 0. The average Bonchev–Trinajstić information content (AvgIpc) is 3.02. The summed E-state index contributed by atoms with van der Waals surface area (Å²) in [5.41, 5.74) is 6.62. The Labute approximate surface area is 157 Å². The van der Waals surface area contributed by atoms with Crippen LogP contribution in [0.1, 0.15) is 47.0 Å². The molecule has 2 aliphatic carbocycles. The summed E-state index contributed by atoms with van der Waals surface area (Å²) in [6, 6.07) is 0. The number of nitrogens with two attached hydrogens (primary N) is 1. The van der Waals surface area contributed by atoms with E-state index in [0.717, 1.165) is 5.57 Å². The highest BCUT2D eigenvalue weighted by atomic mass is 16.6. The third kappa shape index (κ3) is 6.32. The van der Waals surface area contributed by atoms with E-state index in [1.165, 1.54) is 6.08 Å². The molecule has 8 heteroatoms. The number of carbonyl (C=O) groups is 3. The first-order chi connectivity index (χ1) is 12.3. The van der Waals surface area contributed by atoms with Crippen LogP contribution in [0.3, 0.4) is 0 Å². The zero-order valence-electron chi connectivity index (χ0n) is 15.8. The van der Waals surface area contributed by atoms with Crippen LogP contribution >= 0.6 is 0 Å². The quantitative estimate of drug-likeness (QED) is 0.545. The molecule has 0 saturated carbocycles. The van der Waals surface area contributed by atoms with Crippen LogP contribution in [0, 0.1) is 0 Å². The lowest BCUT2D eigenvalue weighted by molar-refractivity contribution is -0.153. The number of allylic oxidation sites excluding steroid dienone is 3. The van der Waals surface area contributed by atoms with E-state index in [-0.39, 0.29) is 35.8 Å². The van der Waals surface area contributed by atoms with E-state index in [4.69, 9.17) is 25.8 Å². The number of ether oxygens (including phenoxy) is 1. The molecule has 148 valence electrons. The highest BCUT2D eigenvalue weighted by Gasteiger charge is 2.23. The largest absolute Gasteiger partial charge is 0.505 e. The van der Waals surface area contributed by atoms with Gasteiger partial charge in [0.15, 0.2) is 0 Å². The van der Waals surface area contributed by atoms with Crippen molar-refractivity contribution >= 4 is 17.9 Å². The van der Waals surface area contributed by atoms with Crippen LogP contribution in [-0.2, 0) is 19.1 Å². The van der Waals surface area contributed by atoms with Gasteiger partial charge in [-0.1, -0.05) is 12.2 Å². The van der Waals surface area contributed by atoms with Crippen molar-refractivity contribution in [2.75, 3.05) is 0 Å². The molecule has 0 aromatic rings. The molecule has 0 bridgehead atoms. The zero-order chi connectivity index (χ0) is 20.9. The first kappa shape index (κ1) is 22.0. The van der Waals surface area contributed by atoms with Crippen molar-refractivity contribution in [2.45, 2.75) is 52.6 Å². The highest BCUT2D eigenvalue weighted by molar-refractivity contribution is 5.91. The van der Waals surface area contributed by atoms with E-state index in [9.17, 15) is 14.4 Å². The number of carbonyl (C=O) groups excluding carboxylic acids is 1. The minimum atomic E-state index is -1.12. The summed E-state index contributed by atoms with van der Waals surface area (Å²) >= 11 is 0. The fourth-order valence-electron chi connectivity index (χ4n) is 2.48. The van der Waals surface area contributed by atoms with E-state index in [1.807, 2.05) is 0 Å². The van der Waals surface area contributed by atoms with Crippen LogP contribution in [0.4, 0.5) is 0 Å². The average molecular weight is 379 g/mol. The van der Waals surface area contributed by atoms with Crippen LogP contribution in [0.25, 0.3) is 0 Å². The molecule has 0 aliphatic heterocycles. The second-order valence-corrected chi connectivity index (χ2v) is 7.10. The fourth-order valence-corrected chi connectivity index (χ4v) is 2.48. The summed E-state index contributed by atoms with van der Waals surface area (Å²) in [5.74, 6) is -2.66. The molecule has 0 fully saturated rings. The lowest BCUT2D eigenvalue weighted by atomic mass is 10.1. The molecule has 0 radical (unpaired) electrons. The molecular formula is C19H25NO7. The van der Waals surface area contributed by atoms with Crippen molar-refractivity contribution in [3.63, 3.8) is 0 Å². The van der Waals surface area contributed by atoms with E-state index in [1.54, 1.807) is 33.8 Å². The smallest absolute Gasteiger partial charge is 0.335 e. The molecule has 0 unspecified atom stereocenters. The number of hydrogen-bond donors (Lipinski definition) is 4. The summed E-state index contributed by atoms with van der Waals surface area (Å²) in [4.78, 5) is 32.7. The normalized spacial score (nSPS) is 16.4. The summed E-state index contributed by atoms with van der Waals surface area (Å²) in [5, 5.41) is 26.2. The van der Waals surface area contributed by atoms with Crippen LogP contribution in [0.15, 0.2) is 45.9 Å². The Morgan fingerprint density at radius 3 is 1.93 bits per heavy atom. The molecule has 0 atom stereocenters. The van der Waals surface area contributed by atoms with E-state index in [2.05, 4.69) is 0 Å². The van der Waals surface area contributed by atoms with Gasteiger partial charge >= 0.3 is 17.9 Å². The standard InChI is InChI=1S/C13H18O4.C6H7NO3/c1-8-9(5-6-10(8)12(15)16)7-11(14)17-13(2,3)4;7-4-2-1-3(5(4)8)6(9)10/h5H,6-7H2,1-4H3,(H,15,16);2,8H,1,7H2,(H,9,10). The van der Waals surface area contributed by atoms with Gasteiger partial charge in [0.25, 0.3) is 0 Å². The molecule has 2 aliphatic rings. The first-order valence-corrected chi connectivity index (χ1v) is 8.29. The number of carboxylic acid groups (broad SMARTS) is 2. The van der Waals surface area contributed by atoms with Crippen molar-refractivity contribution in [3.8, 4) is 0 Å². The number of carboxylic acids is 2. The molecule has 8 nitrogen and oxygen atoms in total. The van der Waals surface area contributed by atoms with Gasteiger partial charge in [-0.25, -0.2) is 9.59 Å². The lowest BCUT2D eigenvalue weighted by Crippen LogP contribution is -2.24. The number of hydrogen-bond acceptors (Lipinski definition) is 6. The number of aliphatic hydroxyl groups excluding tert-OH is 1. The minimum Gasteiger partial charge on any atom is -0.505 e. The molecule has 0 saturated heterocycles. The summed E-state index contributed by atoms with van der Waals surface area (Å²) < 4.78 is 5.19. The zero-order valence-corrected chi connectivity index (χ0v) is 15.8. The fraction of sp³-hybridized carbons (Fsp3) is 0.421. The minimum absolute atomic E-state index is 0.0301. The van der Waals surface area contributed by atoms with Gasteiger partial charge in [-0.15, -0.1) is 0 Å². The van der Waals surface area contributed by atoms with E-state index < -0.39 is 17.5 Å². The molecule has 0 amide bonds. The molecule has 2 rings (SSSR count). The van der Waals surface area contributed by atoms with Crippen LogP contribution < -0.4 is 5.73 Å². The highest BCUT2D eigenvalue weighted by Crippen LogP contribution is 2.29. The SMILES string of the molecule is CC1=C(C(=O)O)CC=C1CC(=O)OC(C)(C)C.NC1=CCC(C(=O)O)=C1O. The maximum absolute atomic E-state index is 11.6. The van der Waals surface area contributed by atoms with Crippen molar-refractivity contribution in [2.24, 2.45) is 5.73 Å². The summed E-state index contributed by atoms with van der Waals surface area (Å²) in [6.07, 6.45) is 3.99. The molecule has 5 N–H and O–H groups in total. The Morgan fingerprint density at radius 2 is 1.59 bits per heavy atom. The number of aliphatic carboxylic acids is 2. The predicted octanol–water partition coefficient (Wildman–Crippen LogP) is 2.58. The van der Waals surface area contributed by atoms with Gasteiger partial charge in [-0.2, -0.15) is 0 Å². The molecule has 0 aromatic heterocycles. The third-order valence-corrected chi connectivity index (χ3v) is 3.84. The van der Waals surface area contributed by atoms with E-state index >= 15 is 0 Å². The van der Waals surface area contributed by atoms with Crippen molar-refractivity contribution in [1.82, 2.24) is 0 Å². The van der Waals surface area contributed by atoms with Gasteiger partial charge in [0, 0.05) is 12.0 Å². The molecule has 0 spiro atoms. The Balaban J connectivity index is 0.000000309. The predicted molar refractivity (Wildman–Crippen MR) is 97.7 cm³/mol. The number of aliphatic hydroxyl groups is 1. The first-order valence-electron chi connectivity index (χ1n) is 8.29. The maximum Gasteiger partial charge on any atom is 0.335 e. The van der Waals surface area contributed by atoms with Gasteiger partial charge in [-0.05, 0) is 45.3 Å². The topological polar surface area (TPSA) is 147 Å². The Bertz CT molecular complexity index is 776. The molecule has 0 heterocycles.